The standard InChI is InChI=1S/C17H13ClN2O2/c1-22-17(21)16-11-15(12-5-3-2-4-6-12)19-20(16)14-9-7-13(18)8-10-14/h2-11H,1H3. The molecule has 5 heteroatoms. The van der Waals surface area contributed by atoms with Gasteiger partial charge in [-0.25, -0.2) is 9.48 Å². The second-order valence-corrected chi connectivity index (χ2v) is 5.10. The number of ether oxygens (including phenoxy) is 1. The van der Waals surface area contributed by atoms with Crippen molar-refractivity contribution in [3.63, 3.8) is 0 Å². The fourth-order valence-corrected chi connectivity index (χ4v) is 2.29. The monoisotopic (exact) mass is 312 g/mol. The van der Waals surface area contributed by atoms with Crippen LogP contribution in [0.25, 0.3) is 16.9 Å². The second-order valence-electron chi connectivity index (χ2n) is 4.66. The van der Waals surface area contributed by atoms with Gasteiger partial charge in [-0.2, -0.15) is 5.10 Å². The lowest BCUT2D eigenvalue weighted by Crippen LogP contribution is -2.10. The Morgan fingerprint density at radius 2 is 1.77 bits per heavy atom. The van der Waals surface area contributed by atoms with Crippen molar-refractivity contribution in [1.82, 2.24) is 9.78 Å². The number of methoxy groups -OCH3 is 1. The van der Waals surface area contributed by atoms with Gasteiger partial charge in [0.1, 0.15) is 0 Å². The van der Waals surface area contributed by atoms with E-state index in [0.29, 0.717) is 16.4 Å². The zero-order valence-electron chi connectivity index (χ0n) is 11.9. The first-order valence-corrected chi connectivity index (χ1v) is 7.06. The molecular weight excluding hydrogens is 300 g/mol. The predicted octanol–water partition coefficient (Wildman–Crippen LogP) is 3.98. The Balaban J connectivity index is 2.13. The second kappa shape index (κ2) is 6.03. The first-order valence-electron chi connectivity index (χ1n) is 6.69. The minimum Gasteiger partial charge on any atom is -0.464 e. The van der Waals surface area contributed by atoms with Crippen molar-refractivity contribution in [3.8, 4) is 16.9 Å². The summed E-state index contributed by atoms with van der Waals surface area (Å²) in [5, 5.41) is 5.15. The molecule has 110 valence electrons. The summed E-state index contributed by atoms with van der Waals surface area (Å²) in [5.74, 6) is -0.440. The summed E-state index contributed by atoms with van der Waals surface area (Å²) < 4.78 is 6.41. The molecule has 1 aromatic heterocycles. The molecule has 0 fully saturated rings. The number of nitrogens with zero attached hydrogens (tertiary/aromatic N) is 2. The highest BCUT2D eigenvalue weighted by Crippen LogP contribution is 2.22. The fourth-order valence-electron chi connectivity index (χ4n) is 2.16. The van der Waals surface area contributed by atoms with Gasteiger partial charge < -0.3 is 4.74 Å². The van der Waals surface area contributed by atoms with E-state index in [1.165, 1.54) is 7.11 Å². The third kappa shape index (κ3) is 2.73. The van der Waals surface area contributed by atoms with Crippen LogP contribution in [0, 0.1) is 0 Å². The van der Waals surface area contributed by atoms with Crippen LogP contribution in [-0.4, -0.2) is 22.9 Å². The third-order valence-electron chi connectivity index (χ3n) is 3.24. The van der Waals surface area contributed by atoms with E-state index in [-0.39, 0.29) is 0 Å². The topological polar surface area (TPSA) is 44.1 Å². The number of halogens is 1. The summed E-state index contributed by atoms with van der Waals surface area (Å²) >= 11 is 5.91. The number of carbonyl (C=O) groups excluding carboxylic acids is 1. The van der Waals surface area contributed by atoms with Crippen LogP contribution >= 0.6 is 11.6 Å². The van der Waals surface area contributed by atoms with Crippen molar-refractivity contribution in [1.29, 1.82) is 0 Å². The quantitative estimate of drug-likeness (QED) is 0.687. The molecule has 4 nitrogen and oxygen atoms in total. The van der Waals surface area contributed by atoms with Crippen molar-refractivity contribution in [2.45, 2.75) is 0 Å². The summed E-state index contributed by atoms with van der Waals surface area (Å²) in [7, 11) is 1.35. The van der Waals surface area contributed by atoms with E-state index >= 15 is 0 Å². The Morgan fingerprint density at radius 1 is 1.09 bits per heavy atom. The molecule has 0 bridgehead atoms. The highest BCUT2D eigenvalue weighted by atomic mass is 35.5. The lowest BCUT2D eigenvalue weighted by molar-refractivity contribution is 0.0590. The molecule has 0 saturated carbocycles. The molecule has 0 aliphatic carbocycles. The van der Waals surface area contributed by atoms with Gasteiger partial charge in [0.15, 0.2) is 5.69 Å². The number of hydrogen-bond donors (Lipinski definition) is 0. The maximum atomic E-state index is 12.0. The summed E-state index contributed by atoms with van der Waals surface area (Å²) in [6.45, 7) is 0. The number of carbonyl (C=O) groups is 1. The molecule has 2 aromatic carbocycles. The molecule has 22 heavy (non-hydrogen) atoms. The highest BCUT2D eigenvalue weighted by Gasteiger charge is 2.17. The van der Waals surface area contributed by atoms with Crippen LogP contribution in [0.15, 0.2) is 60.7 Å². The minimum absolute atomic E-state index is 0.365. The van der Waals surface area contributed by atoms with E-state index in [9.17, 15) is 4.79 Å². The summed E-state index contributed by atoms with van der Waals surface area (Å²) in [5.41, 5.74) is 2.74. The summed E-state index contributed by atoms with van der Waals surface area (Å²) in [6, 6.07) is 18.5. The normalized spacial score (nSPS) is 10.5. The molecule has 0 atom stereocenters. The van der Waals surface area contributed by atoms with Crippen molar-refractivity contribution in [2.75, 3.05) is 7.11 Å². The van der Waals surface area contributed by atoms with E-state index < -0.39 is 5.97 Å². The zero-order chi connectivity index (χ0) is 15.5. The van der Waals surface area contributed by atoms with Crippen molar-refractivity contribution in [2.24, 2.45) is 0 Å². The van der Waals surface area contributed by atoms with Gasteiger partial charge in [0, 0.05) is 10.6 Å². The smallest absolute Gasteiger partial charge is 0.356 e. The van der Waals surface area contributed by atoms with Gasteiger partial charge in [-0.05, 0) is 30.3 Å². The first kappa shape index (κ1) is 14.4. The molecule has 0 unspecified atom stereocenters. The largest absolute Gasteiger partial charge is 0.464 e. The Bertz CT molecular complexity index is 795. The Morgan fingerprint density at radius 3 is 2.41 bits per heavy atom. The Hall–Kier alpha value is -2.59. The van der Waals surface area contributed by atoms with Crippen LogP contribution < -0.4 is 0 Å². The van der Waals surface area contributed by atoms with Crippen LogP contribution in [0.3, 0.4) is 0 Å². The van der Waals surface area contributed by atoms with E-state index in [0.717, 1.165) is 11.3 Å². The third-order valence-corrected chi connectivity index (χ3v) is 3.50. The van der Waals surface area contributed by atoms with Crippen molar-refractivity contribution in [3.05, 3.63) is 71.4 Å². The van der Waals surface area contributed by atoms with E-state index in [1.54, 1.807) is 35.0 Å². The number of benzene rings is 2. The van der Waals surface area contributed by atoms with Crippen LogP contribution in [0.2, 0.25) is 5.02 Å². The van der Waals surface area contributed by atoms with Gasteiger partial charge in [-0.1, -0.05) is 41.9 Å². The van der Waals surface area contributed by atoms with Crippen LogP contribution in [-0.2, 0) is 4.74 Å². The maximum Gasteiger partial charge on any atom is 0.356 e. The summed E-state index contributed by atoms with van der Waals surface area (Å²) in [4.78, 5) is 12.0. The van der Waals surface area contributed by atoms with Gasteiger partial charge in [0.25, 0.3) is 0 Å². The lowest BCUT2D eigenvalue weighted by Gasteiger charge is -2.05. The lowest BCUT2D eigenvalue weighted by atomic mass is 10.1. The van der Waals surface area contributed by atoms with Gasteiger partial charge in [-0.15, -0.1) is 0 Å². The average molecular weight is 313 g/mol. The highest BCUT2D eigenvalue weighted by molar-refractivity contribution is 6.30. The molecule has 0 radical (unpaired) electrons. The molecule has 0 aliphatic heterocycles. The minimum atomic E-state index is -0.440. The van der Waals surface area contributed by atoms with E-state index in [4.69, 9.17) is 16.3 Å². The van der Waals surface area contributed by atoms with Crippen LogP contribution in [0.4, 0.5) is 0 Å². The number of esters is 1. The zero-order valence-corrected chi connectivity index (χ0v) is 12.6. The van der Waals surface area contributed by atoms with E-state index in [2.05, 4.69) is 5.10 Å². The van der Waals surface area contributed by atoms with Crippen molar-refractivity contribution < 1.29 is 9.53 Å². The van der Waals surface area contributed by atoms with Gasteiger partial charge >= 0.3 is 5.97 Å². The SMILES string of the molecule is COC(=O)c1cc(-c2ccccc2)nn1-c1ccc(Cl)cc1. The molecule has 0 N–H and O–H groups in total. The molecule has 3 aromatic rings. The molecule has 0 amide bonds. The number of aromatic nitrogens is 2. The maximum absolute atomic E-state index is 12.0. The molecule has 1 heterocycles. The molecule has 0 aliphatic rings. The predicted molar refractivity (Wildman–Crippen MR) is 85.3 cm³/mol. The molecule has 0 spiro atoms. The van der Waals surface area contributed by atoms with Crippen LogP contribution in [0.5, 0.6) is 0 Å². The number of rotatable bonds is 3. The molecular formula is C17H13ClN2O2. The fraction of sp³-hybridized carbons (Fsp3) is 0.0588. The Kier molecular flexibility index (Phi) is 3.94. The van der Waals surface area contributed by atoms with E-state index in [1.807, 2.05) is 30.3 Å². The average Bonchev–Trinajstić information content (AvgIpc) is 3.01. The van der Waals surface area contributed by atoms with Crippen LogP contribution in [0.1, 0.15) is 10.5 Å². The number of hydrogen-bond acceptors (Lipinski definition) is 3. The summed E-state index contributed by atoms with van der Waals surface area (Å²) in [6.07, 6.45) is 0. The molecule has 3 rings (SSSR count). The Labute approximate surface area is 132 Å². The van der Waals surface area contributed by atoms with Gasteiger partial charge in [0.05, 0.1) is 18.5 Å². The first-order chi connectivity index (χ1) is 10.7. The van der Waals surface area contributed by atoms with Crippen molar-refractivity contribution >= 4 is 17.6 Å². The van der Waals surface area contributed by atoms with Gasteiger partial charge in [-0.3, -0.25) is 0 Å². The molecule has 0 saturated heterocycles. The van der Waals surface area contributed by atoms with Gasteiger partial charge in [0.2, 0.25) is 0 Å².